The number of hydrogen-bond acceptors (Lipinski definition) is 4. The van der Waals surface area contributed by atoms with Gasteiger partial charge in [-0.25, -0.2) is 8.42 Å². The SMILES string of the molecule is CO[Si](C)(Cc1ccc(CS(C)(=O)=O)cc1)OC. The van der Waals surface area contributed by atoms with E-state index in [1.165, 1.54) is 6.26 Å². The van der Waals surface area contributed by atoms with Crippen LogP contribution in [0.3, 0.4) is 0 Å². The van der Waals surface area contributed by atoms with Gasteiger partial charge in [-0.05, 0) is 17.7 Å². The topological polar surface area (TPSA) is 52.6 Å². The van der Waals surface area contributed by atoms with Crippen molar-refractivity contribution in [2.75, 3.05) is 20.5 Å². The fourth-order valence-corrected chi connectivity index (χ4v) is 3.89. The predicted molar refractivity (Wildman–Crippen MR) is 74.3 cm³/mol. The van der Waals surface area contributed by atoms with Crippen LogP contribution in [0.25, 0.3) is 0 Å². The summed E-state index contributed by atoms with van der Waals surface area (Å²) in [6.45, 7) is 2.00. The van der Waals surface area contributed by atoms with Gasteiger partial charge < -0.3 is 8.85 Å². The highest BCUT2D eigenvalue weighted by molar-refractivity contribution is 7.89. The van der Waals surface area contributed by atoms with Crippen molar-refractivity contribution in [2.24, 2.45) is 0 Å². The van der Waals surface area contributed by atoms with Crippen LogP contribution in [0.4, 0.5) is 0 Å². The van der Waals surface area contributed by atoms with E-state index >= 15 is 0 Å². The molecule has 0 aromatic heterocycles. The molecule has 1 rings (SSSR count). The molecular formula is C12H20O4SSi. The lowest BCUT2D eigenvalue weighted by atomic mass is 10.2. The second kappa shape index (κ2) is 5.97. The zero-order valence-corrected chi connectivity index (χ0v) is 13.1. The summed E-state index contributed by atoms with van der Waals surface area (Å²) >= 11 is 0. The lowest BCUT2D eigenvalue weighted by Gasteiger charge is -2.22. The van der Waals surface area contributed by atoms with E-state index in [2.05, 4.69) is 0 Å². The van der Waals surface area contributed by atoms with Gasteiger partial charge >= 0.3 is 8.56 Å². The highest BCUT2D eigenvalue weighted by Gasteiger charge is 2.28. The zero-order valence-electron chi connectivity index (χ0n) is 11.3. The molecule has 0 heterocycles. The maximum atomic E-state index is 11.2. The number of hydrogen-bond donors (Lipinski definition) is 0. The summed E-state index contributed by atoms with van der Waals surface area (Å²) in [5, 5.41) is 0. The Hall–Kier alpha value is -0.693. The van der Waals surface area contributed by atoms with Gasteiger partial charge in [-0.1, -0.05) is 24.3 Å². The fourth-order valence-electron chi connectivity index (χ4n) is 1.65. The van der Waals surface area contributed by atoms with E-state index in [-0.39, 0.29) is 5.75 Å². The smallest absolute Gasteiger partial charge is 0.338 e. The molecule has 0 aliphatic carbocycles. The van der Waals surface area contributed by atoms with E-state index in [4.69, 9.17) is 8.85 Å². The van der Waals surface area contributed by atoms with Crippen molar-refractivity contribution in [3.8, 4) is 0 Å². The van der Waals surface area contributed by atoms with Gasteiger partial charge in [-0.15, -0.1) is 0 Å². The zero-order chi connectivity index (χ0) is 13.8. The van der Waals surface area contributed by atoms with Crippen molar-refractivity contribution in [3.63, 3.8) is 0 Å². The molecule has 1 aromatic carbocycles. The summed E-state index contributed by atoms with van der Waals surface area (Å²) in [7, 11) is -1.77. The Bertz CT molecular complexity index is 477. The van der Waals surface area contributed by atoms with E-state index in [0.29, 0.717) is 0 Å². The minimum Gasteiger partial charge on any atom is -0.398 e. The average Bonchev–Trinajstić information content (AvgIpc) is 2.30. The fraction of sp³-hybridized carbons (Fsp3) is 0.500. The molecule has 0 unspecified atom stereocenters. The van der Waals surface area contributed by atoms with Crippen molar-refractivity contribution in [1.82, 2.24) is 0 Å². The molecule has 0 radical (unpaired) electrons. The molecular weight excluding hydrogens is 268 g/mol. The van der Waals surface area contributed by atoms with Crippen molar-refractivity contribution in [2.45, 2.75) is 18.3 Å². The lowest BCUT2D eigenvalue weighted by Crippen LogP contribution is -2.39. The van der Waals surface area contributed by atoms with Gasteiger partial charge in [0.25, 0.3) is 0 Å². The van der Waals surface area contributed by atoms with Gasteiger partial charge in [-0.3, -0.25) is 0 Å². The largest absolute Gasteiger partial charge is 0.398 e. The minimum absolute atomic E-state index is 0.0799. The van der Waals surface area contributed by atoms with Crippen LogP contribution in [0.15, 0.2) is 24.3 Å². The highest BCUT2D eigenvalue weighted by atomic mass is 32.2. The maximum absolute atomic E-state index is 11.2. The Morgan fingerprint density at radius 1 is 1.06 bits per heavy atom. The first kappa shape index (κ1) is 15.4. The molecule has 102 valence electrons. The molecule has 0 aliphatic heterocycles. The number of rotatable bonds is 6. The van der Waals surface area contributed by atoms with Crippen LogP contribution in [-0.2, 0) is 30.5 Å². The quantitative estimate of drug-likeness (QED) is 0.747. The van der Waals surface area contributed by atoms with Gasteiger partial charge in [0.1, 0.15) is 0 Å². The Labute approximate surface area is 110 Å². The van der Waals surface area contributed by atoms with Gasteiger partial charge in [0.05, 0.1) is 5.75 Å². The molecule has 0 bridgehead atoms. The first-order valence-corrected chi connectivity index (χ1v) is 10.2. The molecule has 0 atom stereocenters. The lowest BCUT2D eigenvalue weighted by molar-refractivity contribution is 0.249. The maximum Gasteiger partial charge on any atom is 0.338 e. The molecule has 0 saturated heterocycles. The Morgan fingerprint density at radius 3 is 1.89 bits per heavy atom. The van der Waals surface area contributed by atoms with Crippen LogP contribution in [-0.4, -0.2) is 37.5 Å². The van der Waals surface area contributed by atoms with Crippen LogP contribution >= 0.6 is 0 Å². The Kier molecular flexibility index (Phi) is 5.09. The second-order valence-electron chi connectivity index (χ2n) is 4.61. The molecule has 6 heteroatoms. The van der Waals surface area contributed by atoms with Crippen LogP contribution in [0.5, 0.6) is 0 Å². The third-order valence-corrected chi connectivity index (χ3v) is 6.48. The second-order valence-corrected chi connectivity index (χ2v) is 10.2. The molecule has 0 amide bonds. The van der Waals surface area contributed by atoms with Crippen molar-refractivity contribution in [3.05, 3.63) is 35.4 Å². The summed E-state index contributed by atoms with van der Waals surface area (Å²) in [6.07, 6.45) is 1.24. The summed E-state index contributed by atoms with van der Waals surface area (Å²) in [4.78, 5) is 0. The molecule has 4 nitrogen and oxygen atoms in total. The average molecular weight is 288 g/mol. The van der Waals surface area contributed by atoms with Crippen molar-refractivity contribution < 1.29 is 17.3 Å². The van der Waals surface area contributed by atoms with E-state index in [0.717, 1.165) is 17.2 Å². The monoisotopic (exact) mass is 288 g/mol. The standard InChI is InChI=1S/C12H20O4SSi/c1-15-18(4,16-2)10-12-7-5-11(6-8-12)9-17(3,13)14/h5-8H,9-10H2,1-4H3. The minimum atomic E-state index is -2.98. The highest BCUT2D eigenvalue weighted by Crippen LogP contribution is 2.15. The number of sulfone groups is 1. The van der Waals surface area contributed by atoms with E-state index in [9.17, 15) is 8.42 Å². The third-order valence-electron chi connectivity index (χ3n) is 2.84. The molecule has 0 spiro atoms. The van der Waals surface area contributed by atoms with Crippen molar-refractivity contribution >= 4 is 18.4 Å². The molecule has 0 fully saturated rings. The normalized spacial score (nSPS) is 12.7. The van der Waals surface area contributed by atoms with Gasteiger partial charge in [0.2, 0.25) is 0 Å². The third kappa shape index (κ3) is 4.89. The first-order valence-electron chi connectivity index (χ1n) is 5.64. The Balaban J connectivity index is 2.77. The van der Waals surface area contributed by atoms with Gasteiger partial charge in [-0.2, -0.15) is 0 Å². The summed E-state index contributed by atoms with van der Waals surface area (Å²) in [5.74, 6) is 0.0799. The van der Waals surface area contributed by atoms with Crippen molar-refractivity contribution in [1.29, 1.82) is 0 Å². The molecule has 18 heavy (non-hydrogen) atoms. The van der Waals surface area contributed by atoms with Crippen LogP contribution in [0.2, 0.25) is 6.55 Å². The molecule has 0 saturated carbocycles. The van der Waals surface area contributed by atoms with Gasteiger partial charge in [0, 0.05) is 26.5 Å². The number of benzene rings is 1. The summed E-state index contributed by atoms with van der Waals surface area (Å²) in [6, 6.07) is 8.31. The predicted octanol–water partition coefficient (Wildman–Crippen LogP) is 1.68. The van der Waals surface area contributed by atoms with Gasteiger partial charge in [0.15, 0.2) is 9.84 Å². The van der Waals surface area contributed by atoms with E-state index < -0.39 is 18.4 Å². The molecule has 0 N–H and O–H groups in total. The molecule has 0 aliphatic rings. The molecule has 1 aromatic rings. The van der Waals surface area contributed by atoms with E-state index in [1.807, 2.05) is 30.8 Å². The van der Waals surface area contributed by atoms with E-state index in [1.54, 1.807) is 14.2 Å². The Morgan fingerprint density at radius 2 is 1.50 bits per heavy atom. The first-order chi connectivity index (χ1) is 8.28. The van der Waals surface area contributed by atoms with Crippen LogP contribution in [0, 0.1) is 0 Å². The van der Waals surface area contributed by atoms with Crippen LogP contribution < -0.4 is 0 Å². The summed E-state index contributed by atoms with van der Waals surface area (Å²) in [5.41, 5.74) is 1.91. The summed E-state index contributed by atoms with van der Waals surface area (Å²) < 4.78 is 33.2. The van der Waals surface area contributed by atoms with Crippen LogP contribution in [0.1, 0.15) is 11.1 Å².